The number of carbonyl (C=O) groups excluding carboxylic acids is 1. The standard InChI is InChI=1S/C18H34N4O2.HI/c1-19-18(20-11-6-3-7-13-24-2)21-16-10-12-22(14-16)17(23)15-8-4-5-9-15;/h15-16H,3-14H2,1-2H3,(H2,19,20,21);1H. The van der Waals surface area contributed by atoms with E-state index >= 15 is 0 Å². The van der Waals surface area contributed by atoms with Crippen LogP contribution in [0.2, 0.25) is 0 Å². The van der Waals surface area contributed by atoms with Crippen molar-refractivity contribution in [2.45, 2.75) is 57.4 Å². The van der Waals surface area contributed by atoms with Crippen molar-refractivity contribution in [1.29, 1.82) is 0 Å². The molecule has 2 fully saturated rings. The smallest absolute Gasteiger partial charge is 0.225 e. The highest BCUT2D eigenvalue weighted by Crippen LogP contribution is 2.27. The number of unbranched alkanes of at least 4 members (excludes halogenated alkanes) is 2. The van der Waals surface area contributed by atoms with Gasteiger partial charge in [-0.2, -0.15) is 0 Å². The lowest BCUT2D eigenvalue weighted by atomic mass is 10.1. The molecule has 25 heavy (non-hydrogen) atoms. The number of likely N-dealkylation sites (tertiary alicyclic amines) is 1. The molecule has 1 amide bonds. The van der Waals surface area contributed by atoms with Crippen LogP contribution in [0.15, 0.2) is 4.99 Å². The van der Waals surface area contributed by atoms with Gasteiger partial charge in [-0.1, -0.05) is 12.8 Å². The fourth-order valence-electron chi connectivity index (χ4n) is 3.65. The molecule has 146 valence electrons. The molecule has 0 bridgehead atoms. The normalized spacial score (nSPS) is 21.3. The lowest BCUT2D eigenvalue weighted by Gasteiger charge is -2.21. The number of aliphatic imine (C=N–C) groups is 1. The molecule has 0 aromatic rings. The van der Waals surface area contributed by atoms with E-state index in [0.717, 1.165) is 70.7 Å². The Hall–Kier alpha value is -0.570. The van der Waals surface area contributed by atoms with E-state index in [2.05, 4.69) is 15.6 Å². The van der Waals surface area contributed by atoms with Gasteiger partial charge in [-0.3, -0.25) is 9.79 Å². The van der Waals surface area contributed by atoms with Gasteiger partial charge in [-0.25, -0.2) is 0 Å². The molecule has 1 aliphatic carbocycles. The van der Waals surface area contributed by atoms with Crippen molar-refractivity contribution >= 4 is 35.8 Å². The number of nitrogens with zero attached hydrogens (tertiary/aromatic N) is 2. The maximum atomic E-state index is 12.5. The van der Waals surface area contributed by atoms with Crippen LogP contribution >= 0.6 is 24.0 Å². The first kappa shape index (κ1) is 22.5. The van der Waals surface area contributed by atoms with Crippen LogP contribution in [0.4, 0.5) is 0 Å². The Morgan fingerprint density at radius 2 is 1.96 bits per heavy atom. The molecular formula is C18H35IN4O2. The molecule has 2 rings (SSSR count). The van der Waals surface area contributed by atoms with Crippen LogP contribution in [-0.4, -0.2) is 63.2 Å². The predicted octanol–water partition coefficient (Wildman–Crippen LogP) is 2.38. The molecule has 6 nitrogen and oxygen atoms in total. The minimum Gasteiger partial charge on any atom is -0.385 e. The second-order valence-corrected chi connectivity index (χ2v) is 6.95. The predicted molar refractivity (Wildman–Crippen MR) is 113 cm³/mol. The highest BCUT2D eigenvalue weighted by Gasteiger charge is 2.32. The molecule has 1 heterocycles. The summed E-state index contributed by atoms with van der Waals surface area (Å²) < 4.78 is 5.06. The molecule has 2 N–H and O–H groups in total. The van der Waals surface area contributed by atoms with Crippen molar-refractivity contribution < 1.29 is 9.53 Å². The fraction of sp³-hybridized carbons (Fsp3) is 0.889. The number of rotatable bonds is 8. The molecule has 1 unspecified atom stereocenters. The van der Waals surface area contributed by atoms with E-state index in [-0.39, 0.29) is 29.9 Å². The quantitative estimate of drug-likeness (QED) is 0.250. The molecule has 0 spiro atoms. The van der Waals surface area contributed by atoms with E-state index in [0.29, 0.717) is 11.9 Å². The van der Waals surface area contributed by atoms with Crippen LogP contribution in [-0.2, 0) is 9.53 Å². The summed E-state index contributed by atoms with van der Waals surface area (Å²) in [6.07, 6.45) is 8.98. The summed E-state index contributed by atoms with van der Waals surface area (Å²) >= 11 is 0. The molecule has 1 saturated heterocycles. The summed E-state index contributed by atoms with van der Waals surface area (Å²) in [4.78, 5) is 18.8. The Labute approximate surface area is 169 Å². The number of nitrogens with one attached hydrogen (secondary N) is 2. The highest BCUT2D eigenvalue weighted by molar-refractivity contribution is 14.0. The van der Waals surface area contributed by atoms with E-state index in [1.54, 1.807) is 14.2 Å². The first-order valence-electron chi connectivity index (χ1n) is 9.49. The zero-order valence-electron chi connectivity index (χ0n) is 15.8. The molecule has 0 aromatic carbocycles. The van der Waals surface area contributed by atoms with Gasteiger partial charge in [-0.15, -0.1) is 24.0 Å². The van der Waals surface area contributed by atoms with Gasteiger partial charge < -0.3 is 20.3 Å². The zero-order chi connectivity index (χ0) is 17.2. The minimum atomic E-state index is 0. The Bertz CT molecular complexity index is 414. The highest BCUT2D eigenvalue weighted by atomic mass is 127. The number of carbonyl (C=O) groups is 1. The SMILES string of the molecule is CN=C(NCCCCCOC)NC1CCN(C(=O)C2CCCC2)C1.I. The van der Waals surface area contributed by atoms with E-state index in [4.69, 9.17) is 4.74 Å². The monoisotopic (exact) mass is 466 g/mol. The average molecular weight is 466 g/mol. The number of halogens is 1. The second-order valence-electron chi connectivity index (χ2n) is 6.95. The van der Waals surface area contributed by atoms with E-state index in [9.17, 15) is 4.79 Å². The van der Waals surface area contributed by atoms with Crippen molar-refractivity contribution in [3.05, 3.63) is 0 Å². The molecule has 1 atom stereocenters. The van der Waals surface area contributed by atoms with Crippen molar-refractivity contribution in [1.82, 2.24) is 15.5 Å². The molecule has 2 aliphatic rings. The number of amides is 1. The molecule has 0 radical (unpaired) electrons. The van der Waals surface area contributed by atoms with Gasteiger partial charge in [-0.05, 0) is 38.5 Å². The first-order valence-corrected chi connectivity index (χ1v) is 9.49. The van der Waals surface area contributed by atoms with Gasteiger partial charge in [0, 0.05) is 52.4 Å². The largest absolute Gasteiger partial charge is 0.385 e. The Morgan fingerprint density at radius 3 is 2.64 bits per heavy atom. The Balaban J connectivity index is 0.00000312. The molecule has 1 aliphatic heterocycles. The fourth-order valence-corrected chi connectivity index (χ4v) is 3.65. The van der Waals surface area contributed by atoms with Crippen molar-refractivity contribution in [3.63, 3.8) is 0 Å². The van der Waals surface area contributed by atoms with Crippen molar-refractivity contribution in [3.8, 4) is 0 Å². The summed E-state index contributed by atoms with van der Waals surface area (Å²) in [5, 5.41) is 6.83. The third-order valence-electron chi connectivity index (χ3n) is 5.09. The maximum absolute atomic E-state index is 12.5. The number of methoxy groups -OCH3 is 1. The van der Waals surface area contributed by atoms with Gasteiger partial charge in [0.15, 0.2) is 5.96 Å². The average Bonchev–Trinajstić information content (AvgIpc) is 3.28. The van der Waals surface area contributed by atoms with Crippen LogP contribution in [0.5, 0.6) is 0 Å². The third kappa shape index (κ3) is 7.68. The summed E-state index contributed by atoms with van der Waals surface area (Å²) in [5.41, 5.74) is 0. The van der Waals surface area contributed by atoms with E-state index in [1.165, 1.54) is 12.8 Å². The van der Waals surface area contributed by atoms with Gasteiger partial charge in [0.25, 0.3) is 0 Å². The van der Waals surface area contributed by atoms with Crippen LogP contribution in [0.1, 0.15) is 51.4 Å². The van der Waals surface area contributed by atoms with Gasteiger partial charge in [0.1, 0.15) is 0 Å². The zero-order valence-corrected chi connectivity index (χ0v) is 18.1. The van der Waals surface area contributed by atoms with Crippen LogP contribution in [0.25, 0.3) is 0 Å². The van der Waals surface area contributed by atoms with E-state index in [1.807, 2.05) is 4.90 Å². The summed E-state index contributed by atoms with van der Waals surface area (Å²) in [6, 6.07) is 0.315. The third-order valence-corrected chi connectivity index (χ3v) is 5.09. The molecule has 7 heteroatoms. The number of guanidine groups is 1. The number of hydrogen-bond donors (Lipinski definition) is 2. The Kier molecular flexibility index (Phi) is 11.4. The van der Waals surface area contributed by atoms with Crippen LogP contribution in [0.3, 0.4) is 0 Å². The summed E-state index contributed by atoms with van der Waals surface area (Å²) in [6.45, 7) is 3.44. The van der Waals surface area contributed by atoms with Crippen LogP contribution < -0.4 is 10.6 Å². The Morgan fingerprint density at radius 1 is 1.20 bits per heavy atom. The minimum absolute atomic E-state index is 0. The van der Waals surface area contributed by atoms with Crippen molar-refractivity contribution in [2.24, 2.45) is 10.9 Å². The lowest BCUT2D eigenvalue weighted by Crippen LogP contribution is -2.45. The number of hydrogen-bond acceptors (Lipinski definition) is 3. The first-order chi connectivity index (χ1) is 11.7. The molecule has 0 aromatic heterocycles. The summed E-state index contributed by atoms with van der Waals surface area (Å²) in [7, 11) is 3.54. The van der Waals surface area contributed by atoms with Gasteiger partial charge in [0.2, 0.25) is 5.91 Å². The number of ether oxygens (including phenoxy) is 1. The van der Waals surface area contributed by atoms with E-state index < -0.39 is 0 Å². The lowest BCUT2D eigenvalue weighted by molar-refractivity contribution is -0.134. The second kappa shape index (κ2) is 12.7. The van der Waals surface area contributed by atoms with Gasteiger partial charge >= 0.3 is 0 Å². The van der Waals surface area contributed by atoms with Crippen LogP contribution in [0, 0.1) is 5.92 Å². The maximum Gasteiger partial charge on any atom is 0.225 e. The topological polar surface area (TPSA) is 66.0 Å². The van der Waals surface area contributed by atoms with Crippen molar-refractivity contribution in [2.75, 3.05) is 40.4 Å². The molecular weight excluding hydrogens is 431 g/mol. The molecule has 1 saturated carbocycles. The summed E-state index contributed by atoms with van der Waals surface area (Å²) in [5.74, 6) is 1.51. The van der Waals surface area contributed by atoms with Gasteiger partial charge in [0.05, 0.1) is 0 Å².